The van der Waals surface area contributed by atoms with Crippen molar-refractivity contribution in [3.8, 4) is 0 Å². The van der Waals surface area contributed by atoms with Crippen LogP contribution in [0, 0.1) is 5.82 Å². The first-order valence-corrected chi connectivity index (χ1v) is 4.71. The number of aromatic amines is 1. The van der Waals surface area contributed by atoms with E-state index in [9.17, 15) is 18.8 Å². The van der Waals surface area contributed by atoms with Gasteiger partial charge in [-0.25, -0.2) is 9.36 Å². The molecule has 0 radical (unpaired) electrons. The lowest BCUT2D eigenvalue weighted by Crippen LogP contribution is -2.35. The maximum Gasteiger partial charge on any atom is 0.335 e. The summed E-state index contributed by atoms with van der Waals surface area (Å²) < 4.78 is 13.5. The number of rotatable bonds is 1. The minimum atomic E-state index is -1.19. The number of halogens is 1. The lowest BCUT2D eigenvalue weighted by Gasteiger charge is -2.02. The number of aromatic nitrogens is 2. The highest BCUT2D eigenvalue weighted by atomic mass is 19.1. The first-order valence-electron chi connectivity index (χ1n) is 4.71. The summed E-state index contributed by atoms with van der Waals surface area (Å²) in [5, 5.41) is 0. The van der Waals surface area contributed by atoms with Crippen molar-refractivity contribution in [2.75, 3.05) is 0 Å². The summed E-state index contributed by atoms with van der Waals surface area (Å²) in [5.41, 5.74) is -1.89. The van der Waals surface area contributed by atoms with Gasteiger partial charge in [0.15, 0.2) is 0 Å². The summed E-state index contributed by atoms with van der Waals surface area (Å²) >= 11 is 0. The number of nitrogens with one attached hydrogen (secondary N) is 1. The Morgan fingerprint density at radius 2 is 1.82 bits per heavy atom. The van der Waals surface area contributed by atoms with Crippen LogP contribution in [0.15, 0.2) is 46.1 Å². The third-order valence-corrected chi connectivity index (χ3v) is 2.14. The molecule has 17 heavy (non-hydrogen) atoms. The van der Waals surface area contributed by atoms with Gasteiger partial charge in [-0.3, -0.25) is 14.6 Å². The van der Waals surface area contributed by atoms with Crippen LogP contribution in [0.1, 0.15) is 10.4 Å². The molecule has 0 aliphatic carbocycles. The Kier molecular flexibility index (Phi) is 2.70. The van der Waals surface area contributed by atoms with Gasteiger partial charge in [0.1, 0.15) is 0 Å². The molecule has 0 spiro atoms. The highest BCUT2D eigenvalue weighted by Crippen LogP contribution is 2.00. The van der Waals surface area contributed by atoms with Gasteiger partial charge in [0.05, 0.1) is 6.20 Å². The summed E-state index contributed by atoms with van der Waals surface area (Å²) in [6, 6.07) is 7.89. The smallest absolute Gasteiger partial charge is 0.271 e. The molecule has 0 saturated heterocycles. The standard InChI is InChI=1S/C11H7FN2O3/c12-8-6-14(11(17)13-9(8)15)10(16)7-4-2-1-3-5-7/h1-6H,(H,13,15,17). The molecular formula is C11H7FN2O3. The zero-order valence-corrected chi connectivity index (χ0v) is 8.51. The van der Waals surface area contributed by atoms with Crippen LogP contribution in [0.2, 0.25) is 0 Å². The van der Waals surface area contributed by atoms with Crippen molar-refractivity contribution in [3.63, 3.8) is 0 Å². The minimum Gasteiger partial charge on any atom is -0.271 e. The molecule has 1 N–H and O–H groups in total. The third kappa shape index (κ3) is 2.05. The SMILES string of the molecule is O=C(c1ccccc1)n1cc(F)c(=O)[nH]c1=O. The Labute approximate surface area is 94.2 Å². The van der Waals surface area contributed by atoms with E-state index in [0.717, 1.165) is 0 Å². The van der Waals surface area contributed by atoms with Crippen LogP contribution in [0.3, 0.4) is 0 Å². The number of benzene rings is 1. The number of hydrogen-bond donors (Lipinski definition) is 1. The Morgan fingerprint density at radius 3 is 2.47 bits per heavy atom. The van der Waals surface area contributed by atoms with Gasteiger partial charge in [-0.1, -0.05) is 18.2 Å². The van der Waals surface area contributed by atoms with Gasteiger partial charge in [-0.2, -0.15) is 4.39 Å². The van der Waals surface area contributed by atoms with Crippen molar-refractivity contribution in [3.05, 3.63) is 68.7 Å². The minimum absolute atomic E-state index is 0.223. The van der Waals surface area contributed by atoms with Crippen molar-refractivity contribution in [1.29, 1.82) is 0 Å². The Hall–Kier alpha value is -2.50. The first-order chi connectivity index (χ1) is 8.09. The van der Waals surface area contributed by atoms with Gasteiger partial charge >= 0.3 is 5.69 Å². The second-order valence-corrected chi connectivity index (χ2v) is 3.28. The van der Waals surface area contributed by atoms with Crippen molar-refractivity contribution in [2.45, 2.75) is 0 Å². The molecule has 0 aliphatic heterocycles. The average Bonchev–Trinajstić information content (AvgIpc) is 2.34. The predicted molar refractivity (Wildman–Crippen MR) is 57.5 cm³/mol. The molecule has 2 rings (SSSR count). The van der Waals surface area contributed by atoms with E-state index in [0.29, 0.717) is 10.8 Å². The number of carbonyl (C=O) groups is 1. The number of carbonyl (C=O) groups excluding carboxylic acids is 1. The monoisotopic (exact) mass is 234 g/mol. The van der Waals surface area contributed by atoms with Gasteiger partial charge in [0.25, 0.3) is 11.5 Å². The molecule has 86 valence electrons. The molecule has 0 atom stereocenters. The predicted octanol–water partition coefficient (Wildman–Crippen LogP) is 0.364. The Morgan fingerprint density at radius 1 is 1.18 bits per heavy atom. The average molecular weight is 234 g/mol. The molecule has 1 aromatic carbocycles. The molecule has 1 aromatic heterocycles. The summed E-state index contributed by atoms with van der Waals surface area (Å²) in [6.45, 7) is 0. The second kappa shape index (κ2) is 4.17. The molecule has 0 fully saturated rings. The van der Waals surface area contributed by atoms with Crippen LogP contribution in [-0.2, 0) is 0 Å². The van der Waals surface area contributed by atoms with Crippen molar-refractivity contribution in [2.24, 2.45) is 0 Å². The molecule has 1 heterocycles. The number of H-pyrrole nitrogens is 1. The summed E-state index contributed by atoms with van der Waals surface area (Å²) in [7, 11) is 0. The molecule has 2 aromatic rings. The van der Waals surface area contributed by atoms with Crippen LogP contribution in [0.25, 0.3) is 0 Å². The molecular weight excluding hydrogens is 227 g/mol. The van der Waals surface area contributed by atoms with Crippen LogP contribution in [0.4, 0.5) is 4.39 Å². The van der Waals surface area contributed by atoms with Gasteiger partial charge < -0.3 is 0 Å². The van der Waals surface area contributed by atoms with Crippen molar-refractivity contribution >= 4 is 5.91 Å². The van der Waals surface area contributed by atoms with Crippen LogP contribution < -0.4 is 11.2 Å². The second-order valence-electron chi connectivity index (χ2n) is 3.28. The van der Waals surface area contributed by atoms with E-state index in [1.165, 1.54) is 12.1 Å². The lowest BCUT2D eigenvalue weighted by atomic mass is 10.2. The van der Waals surface area contributed by atoms with Gasteiger partial charge in [-0.05, 0) is 12.1 Å². The largest absolute Gasteiger partial charge is 0.335 e. The van der Waals surface area contributed by atoms with Crippen molar-refractivity contribution < 1.29 is 9.18 Å². The first kappa shape index (κ1) is 11.0. The third-order valence-electron chi connectivity index (χ3n) is 2.14. The van der Waals surface area contributed by atoms with Gasteiger partial charge in [0.2, 0.25) is 5.82 Å². The van der Waals surface area contributed by atoms with Crippen LogP contribution in [0.5, 0.6) is 0 Å². The normalized spacial score (nSPS) is 10.2. The fourth-order valence-corrected chi connectivity index (χ4v) is 1.32. The van der Waals surface area contributed by atoms with Crippen LogP contribution in [-0.4, -0.2) is 15.5 Å². The molecule has 0 saturated carbocycles. The number of hydrogen-bond acceptors (Lipinski definition) is 3. The fraction of sp³-hybridized carbons (Fsp3) is 0. The van der Waals surface area contributed by atoms with Crippen LogP contribution >= 0.6 is 0 Å². The Balaban J connectivity index is 2.56. The van der Waals surface area contributed by atoms with E-state index in [2.05, 4.69) is 0 Å². The van der Waals surface area contributed by atoms with E-state index < -0.39 is 23.0 Å². The van der Waals surface area contributed by atoms with E-state index in [-0.39, 0.29) is 5.56 Å². The summed E-state index contributed by atoms with van der Waals surface area (Å²) in [5.74, 6) is -1.89. The van der Waals surface area contributed by atoms with E-state index in [1.807, 2.05) is 0 Å². The molecule has 6 heteroatoms. The molecule has 5 nitrogen and oxygen atoms in total. The topological polar surface area (TPSA) is 71.9 Å². The van der Waals surface area contributed by atoms with Gasteiger partial charge in [0, 0.05) is 5.56 Å². The van der Waals surface area contributed by atoms with Crippen molar-refractivity contribution in [1.82, 2.24) is 9.55 Å². The molecule has 0 amide bonds. The van der Waals surface area contributed by atoms with E-state index in [4.69, 9.17) is 0 Å². The van der Waals surface area contributed by atoms with E-state index in [1.54, 1.807) is 23.2 Å². The molecule has 0 unspecified atom stereocenters. The molecule has 0 aliphatic rings. The lowest BCUT2D eigenvalue weighted by molar-refractivity contribution is 0.0952. The van der Waals surface area contributed by atoms with E-state index >= 15 is 0 Å². The zero-order chi connectivity index (χ0) is 12.4. The summed E-state index contributed by atoms with van der Waals surface area (Å²) in [6.07, 6.45) is 0.580. The fourth-order valence-electron chi connectivity index (χ4n) is 1.32. The quantitative estimate of drug-likeness (QED) is 0.774. The Bertz CT molecular complexity index is 673. The van der Waals surface area contributed by atoms with Gasteiger partial charge in [-0.15, -0.1) is 0 Å². The maximum atomic E-state index is 13.0. The zero-order valence-electron chi connectivity index (χ0n) is 8.51. The molecule has 0 bridgehead atoms. The highest BCUT2D eigenvalue weighted by molar-refractivity contribution is 5.95. The highest BCUT2D eigenvalue weighted by Gasteiger charge is 2.12. The maximum absolute atomic E-state index is 13.0. The summed E-state index contributed by atoms with van der Waals surface area (Å²) in [4.78, 5) is 35.6. The number of nitrogens with zero attached hydrogens (tertiary/aromatic N) is 1.